The third-order valence-corrected chi connectivity index (χ3v) is 3.57. The summed E-state index contributed by atoms with van der Waals surface area (Å²) in [5.41, 5.74) is 1.54. The molecule has 6 heteroatoms. The summed E-state index contributed by atoms with van der Waals surface area (Å²) in [6.07, 6.45) is 0. The molecule has 2 rings (SSSR count). The monoisotopic (exact) mass is 338 g/mol. The van der Waals surface area contributed by atoms with E-state index in [9.17, 15) is 14.5 Å². The van der Waals surface area contributed by atoms with Gasteiger partial charge in [0.1, 0.15) is 5.82 Å². The minimum absolute atomic E-state index is 0.00121. The normalized spacial score (nSPS) is 11.9. The zero-order valence-electron chi connectivity index (χ0n) is 10.6. The molecule has 0 aliphatic carbocycles. The summed E-state index contributed by atoms with van der Waals surface area (Å²) in [5.74, 6) is -0.291. The second-order valence-electron chi connectivity index (χ2n) is 4.34. The Hall–Kier alpha value is -1.95. The molecule has 1 unspecified atom stereocenters. The lowest BCUT2D eigenvalue weighted by Crippen LogP contribution is -2.06. The first-order valence-electron chi connectivity index (χ1n) is 5.93. The lowest BCUT2D eigenvalue weighted by atomic mass is 10.1. The first kappa shape index (κ1) is 14.5. The van der Waals surface area contributed by atoms with Gasteiger partial charge in [-0.25, -0.2) is 4.39 Å². The van der Waals surface area contributed by atoms with Crippen molar-refractivity contribution in [2.24, 2.45) is 0 Å². The Balaban J connectivity index is 2.19. The molecule has 0 aliphatic heterocycles. The van der Waals surface area contributed by atoms with Crippen molar-refractivity contribution in [3.05, 3.63) is 68.4 Å². The SMILES string of the molecule is CC(Nc1ccc(Br)c([N+](=O)[O-])c1)c1ccc(F)cc1. The molecular weight excluding hydrogens is 327 g/mol. The van der Waals surface area contributed by atoms with Crippen LogP contribution >= 0.6 is 15.9 Å². The van der Waals surface area contributed by atoms with Gasteiger partial charge in [-0.3, -0.25) is 10.1 Å². The molecule has 0 spiro atoms. The van der Waals surface area contributed by atoms with E-state index < -0.39 is 4.92 Å². The standard InChI is InChI=1S/C14H12BrFN2O2/c1-9(10-2-4-11(16)5-3-10)17-12-6-7-13(15)14(8-12)18(19)20/h2-9,17H,1H3. The van der Waals surface area contributed by atoms with Crippen LogP contribution in [0.3, 0.4) is 0 Å². The number of benzene rings is 2. The van der Waals surface area contributed by atoms with Gasteiger partial charge in [0.25, 0.3) is 5.69 Å². The van der Waals surface area contributed by atoms with Crippen LogP contribution in [0.4, 0.5) is 15.8 Å². The fraction of sp³-hybridized carbons (Fsp3) is 0.143. The molecule has 1 N–H and O–H groups in total. The number of nitro benzene ring substituents is 1. The van der Waals surface area contributed by atoms with Gasteiger partial charge in [-0.1, -0.05) is 12.1 Å². The largest absolute Gasteiger partial charge is 0.378 e. The molecule has 0 radical (unpaired) electrons. The molecule has 0 heterocycles. The lowest BCUT2D eigenvalue weighted by Gasteiger charge is -2.15. The first-order chi connectivity index (χ1) is 9.47. The number of hydrogen-bond donors (Lipinski definition) is 1. The van der Waals surface area contributed by atoms with E-state index in [1.165, 1.54) is 18.2 Å². The maximum Gasteiger partial charge on any atom is 0.285 e. The van der Waals surface area contributed by atoms with Crippen molar-refractivity contribution in [2.75, 3.05) is 5.32 Å². The van der Waals surface area contributed by atoms with Crippen LogP contribution in [0, 0.1) is 15.9 Å². The topological polar surface area (TPSA) is 55.2 Å². The highest BCUT2D eigenvalue weighted by Gasteiger charge is 2.13. The summed E-state index contributed by atoms with van der Waals surface area (Å²) < 4.78 is 13.3. The molecule has 0 fully saturated rings. The van der Waals surface area contributed by atoms with Crippen molar-refractivity contribution in [1.82, 2.24) is 0 Å². The Bertz CT molecular complexity index is 632. The highest BCUT2D eigenvalue weighted by Crippen LogP contribution is 2.29. The number of nitrogens with one attached hydrogen (secondary N) is 1. The quantitative estimate of drug-likeness (QED) is 0.651. The Labute approximate surface area is 123 Å². The first-order valence-corrected chi connectivity index (χ1v) is 6.72. The van der Waals surface area contributed by atoms with E-state index in [0.717, 1.165) is 5.56 Å². The van der Waals surface area contributed by atoms with E-state index in [-0.39, 0.29) is 17.5 Å². The van der Waals surface area contributed by atoms with E-state index in [2.05, 4.69) is 21.2 Å². The maximum atomic E-state index is 12.9. The second kappa shape index (κ2) is 6.00. The molecule has 0 aliphatic rings. The number of rotatable bonds is 4. The van der Waals surface area contributed by atoms with Crippen LogP contribution in [0.2, 0.25) is 0 Å². The van der Waals surface area contributed by atoms with Crippen LogP contribution in [0.1, 0.15) is 18.5 Å². The average molecular weight is 339 g/mol. The molecule has 4 nitrogen and oxygen atoms in total. The van der Waals surface area contributed by atoms with Gasteiger partial charge in [0.05, 0.1) is 9.40 Å². The van der Waals surface area contributed by atoms with E-state index >= 15 is 0 Å². The zero-order chi connectivity index (χ0) is 14.7. The van der Waals surface area contributed by atoms with Crippen LogP contribution in [0.25, 0.3) is 0 Å². The van der Waals surface area contributed by atoms with Crippen molar-refractivity contribution in [1.29, 1.82) is 0 Å². The Morgan fingerprint density at radius 1 is 1.25 bits per heavy atom. The molecule has 0 saturated heterocycles. The van der Waals surface area contributed by atoms with E-state index in [4.69, 9.17) is 0 Å². The highest BCUT2D eigenvalue weighted by atomic mass is 79.9. The van der Waals surface area contributed by atoms with Crippen molar-refractivity contribution in [3.63, 3.8) is 0 Å². The van der Waals surface area contributed by atoms with Gasteiger partial charge in [-0.05, 0) is 52.7 Å². The summed E-state index contributed by atoms with van der Waals surface area (Å²) in [6.45, 7) is 1.90. The Morgan fingerprint density at radius 3 is 2.50 bits per heavy atom. The van der Waals surface area contributed by atoms with Gasteiger partial charge in [-0.15, -0.1) is 0 Å². The maximum absolute atomic E-state index is 12.9. The molecule has 0 bridgehead atoms. The van der Waals surface area contributed by atoms with E-state index in [1.807, 2.05) is 6.92 Å². The average Bonchev–Trinajstić information content (AvgIpc) is 2.41. The number of nitrogens with zero attached hydrogens (tertiary/aromatic N) is 1. The predicted octanol–water partition coefficient (Wildman–Crippen LogP) is 4.67. The third-order valence-electron chi connectivity index (χ3n) is 2.90. The molecule has 20 heavy (non-hydrogen) atoms. The minimum atomic E-state index is -0.447. The van der Waals surface area contributed by atoms with Gasteiger partial charge in [-0.2, -0.15) is 0 Å². The van der Waals surface area contributed by atoms with Crippen molar-refractivity contribution >= 4 is 27.3 Å². The van der Waals surface area contributed by atoms with Crippen LogP contribution < -0.4 is 5.32 Å². The molecule has 2 aromatic rings. The van der Waals surface area contributed by atoms with E-state index in [0.29, 0.717) is 10.2 Å². The van der Waals surface area contributed by atoms with Crippen LogP contribution in [-0.2, 0) is 0 Å². The highest BCUT2D eigenvalue weighted by molar-refractivity contribution is 9.10. The van der Waals surface area contributed by atoms with Crippen molar-refractivity contribution < 1.29 is 9.31 Å². The summed E-state index contributed by atoms with van der Waals surface area (Å²) in [5, 5.41) is 14.0. The van der Waals surface area contributed by atoms with Crippen LogP contribution in [0.5, 0.6) is 0 Å². The number of nitro groups is 1. The Kier molecular flexibility index (Phi) is 4.34. The van der Waals surface area contributed by atoms with Crippen LogP contribution in [-0.4, -0.2) is 4.92 Å². The molecule has 2 aromatic carbocycles. The fourth-order valence-electron chi connectivity index (χ4n) is 1.83. The summed E-state index contributed by atoms with van der Waals surface area (Å²) in [6, 6.07) is 10.9. The molecule has 104 valence electrons. The lowest BCUT2D eigenvalue weighted by molar-refractivity contribution is -0.385. The number of halogens is 2. The Morgan fingerprint density at radius 2 is 1.90 bits per heavy atom. The van der Waals surface area contributed by atoms with Gasteiger partial charge < -0.3 is 5.32 Å². The summed E-state index contributed by atoms with van der Waals surface area (Å²) in [7, 11) is 0. The smallest absolute Gasteiger partial charge is 0.285 e. The molecule has 0 aromatic heterocycles. The molecule has 1 atom stereocenters. The molecule has 0 saturated carbocycles. The number of hydrogen-bond acceptors (Lipinski definition) is 3. The summed E-state index contributed by atoms with van der Waals surface area (Å²) in [4.78, 5) is 10.4. The van der Waals surface area contributed by atoms with E-state index in [1.54, 1.807) is 24.3 Å². The zero-order valence-corrected chi connectivity index (χ0v) is 12.2. The number of anilines is 1. The minimum Gasteiger partial charge on any atom is -0.378 e. The molecule has 0 amide bonds. The van der Waals surface area contributed by atoms with Crippen molar-refractivity contribution in [3.8, 4) is 0 Å². The van der Waals surface area contributed by atoms with Gasteiger partial charge in [0.15, 0.2) is 0 Å². The predicted molar refractivity (Wildman–Crippen MR) is 79.2 cm³/mol. The molecular formula is C14H12BrFN2O2. The van der Waals surface area contributed by atoms with Crippen LogP contribution in [0.15, 0.2) is 46.9 Å². The van der Waals surface area contributed by atoms with Gasteiger partial charge >= 0.3 is 0 Å². The van der Waals surface area contributed by atoms with Gasteiger partial charge in [0, 0.05) is 17.8 Å². The fourth-order valence-corrected chi connectivity index (χ4v) is 2.22. The summed E-state index contributed by atoms with van der Waals surface area (Å²) >= 11 is 3.14. The van der Waals surface area contributed by atoms with Crippen molar-refractivity contribution in [2.45, 2.75) is 13.0 Å². The second-order valence-corrected chi connectivity index (χ2v) is 5.20. The third kappa shape index (κ3) is 3.33. The van der Waals surface area contributed by atoms with Gasteiger partial charge in [0.2, 0.25) is 0 Å².